The topological polar surface area (TPSA) is 479 Å². The van der Waals surface area contributed by atoms with Gasteiger partial charge in [0.2, 0.25) is 0 Å². The molecule has 0 amide bonds. The van der Waals surface area contributed by atoms with Gasteiger partial charge in [0.05, 0.1) is 167 Å². The number of ether oxygens (including phenoxy) is 22. The molecule has 14 atom stereocenters. The maximum absolute atomic E-state index is 12.8. The van der Waals surface area contributed by atoms with E-state index in [4.69, 9.17) is 104 Å². The maximum Gasteiger partial charge on any atom is 0.339 e. The molecule has 0 spiro atoms. The Morgan fingerprint density at radius 1 is 0.339 bits per heavy atom. The van der Waals surface area contributed by atoms with E-state index in [1.54, 1.807) is 66.7 Å². The third kappa shape index (κ3) is 26.8. The van der Waals surface area contributed by atoms with Crippen LogP contribution in [0.25, 0.3) is 0 Å². The number of hydrogen-bond acceptors (Lipinski definition) is 35. The number of carbonyl (C=O) groups excluding carboxylic acids is 10. The van der Waals surface area contributed by atoms with Gasteiger partial charge in [-0.3, -0.25) is 19.2 Å². The highest BCUT2D eigenvalue weighted by atomic mass is 16.7. The molecule has 38 heteroatoms. The minimum absolute atomic E-state index is 0.00919. The lowest BCUT2D eigenvalue weighted by Crippen LogP contribution is -2.58. The van der Waals surface area contributed by atoms with Gasteiger partial charge in [-0.05, 0) is 118 Å². The first-order valence-corrected chi connectivity index (χ1v) is 42.0. The van der Waals surface area contributed by atoms with E-state index < -0.39 is 63.7 Å². The standard InChI is InChI=1S/C18H24O6.2C14H14O6.C14H20O6.C14H14O6.C12H15N3O5/c19-15(23-8-13-6-21-13)17-2-11-1-12(4-17)5-18(3-11,10-17)16(20)24-9-14-7-22-14;15-13(19-7-11-5-17-11)9-1-2-10(4-3-9)14(16)20-8-12-6-18-12;15-13(19-7-11-5-17-11)9-2-1-3-10(4-9)14(16)20-8-12-6-18-12;2*15-13(19-7-9-5-17-9)11-3-1-2-4-12(11)14(16)20-8-10-6-18-10;1-2-3-13-10(16)14(4-8-6-19-8)12(18)15(11(13)17)5-9-7-20-9/h11-14H,1-10H2;2*1-4,11-12H,5-8H2;9-12H,1-8H2;1-4,9-10H,5-8H2;2,8-9H,1,3-7H2. The van der Waals surface area contributed by atoms with Gasteiger partial charge >= 0.3 is 76.8 Å². The monoisotopic (exact) mass is 1740 g/mol. The van der Waals surface area contributed by atoms with Crippen LogP contribution < -0.4 is 17.1 Å². The number of epoxide rings is 12. The number of allylic oxidation sites excluding steroid dienone is 1. The van der Waals surface area contributed by atoms with Gasteiger partial charge in [0.25, 0.3) is 0 Å². The van der Waals surface area contributed by atoms with Crippen molar-refractivity contribution in [2.45, 2.75) is 157 Å². The SMILES string of the molecule is C=CCn1c(=O)n(CC2CO2)c(=O)n(CC2CO2)c1=O.O=C(OCC1CO1)C12CC3CC(C1)CC(C(=O)OCC1CO1)(C3)C2.O=C(OCC1CO1)C1CCCCC1C(=O)OCC1CO1.O=C(OCC1CO1)c1ccc(C(=O)OCC2CO2)cc1.O=C(OCC1CO1)c1cccc(C(=O)OCC2CO2)c1.O=C(OCC1CO1)c1ccccc1C(=O)OCC1CO1. The van der Waals surface area contributed by atoms with Gasteiger partial charge in [-0.15, -0.1) is 6.58 Å². The number of rotatable bonds is 36. The number of benzene rings is 3. The summed E-state index contributed by atoms with van der Waals surface area (Å²) in [6.07, 6.45) is 10.1. The van der Waals surface area contributed by atoms with E-state index in [-0.39, 0.29) is 179 Å². The molecule has 21 rings (SSSR count). The Morgan fingerprint density at radius 2 is 0.613 bits per heavy atom. The molecule has 124 heavy (non-hydrogen) atoms. The Bertz CT molecular complexity index is 4400. The number of carbonyl (C=O) groups is 10. The summed E-state index contributed by atoms with van der Waals surface area (Å²) < 4.78 is 115. The van der Waals surface area contributed by atoms with Crippen LogP contribution >= 0.6 is 0 Å². The van der Waals surface area contributed by atoms with Crippen LogP contribution in [0.5, 0.6) is 0 Å². The summed E-state index contributed by atoms with van der Waals surface area (Å²) in [6.45, 7) is 14.2. The second kappa shape index (κ2) is 41.0. The van der Waals surface area contributed by atoms with Gasteiger partial charge in [-0.1, -0.05) is 37.1 Å². The van der Waals surface area contributed by atoms with Crippen LogP contribution in [0.15, 0.2) is 99.8 Å². The lowest BCUT2D eigenvalue weighted by Gasteiger charge is -2.59. The molecule has 13 heterocycles. The highest BCUT2D eigenvalue weighted by Gasteiger charge is 2.65. The number of hydrogen-bond donors (Lipinski definition) is 0. The van der Waals surface area contributed by atoms with Crippen LogP contribution in [0.3, 0.4) is 0 Å². The summed E-state index contributed by atoms with van der Waals surface area (Å²) in [5.74, 6) is -3.53. The summed E-state index contributed by atoms with van der Waals surface area (Å²) in [6, 6.07) is 18.9. The summed E-state index contributed by atoms with van der Waals surface area (Å²) in [5.41, 5.74) is -0.962. The second-order valence-corrected chi connectivity index (χ2v) is 33.2. The third-order valence-corrected chi connectivity index (χ3v) is 22.7. The zero-order valence-electron chi connectivity index (χ0n) is 68.3. The van der Waals surface area contributed by atoms with Crippen molar-refractivity contribution in [2.75, 3.05) is 145 Å². The zero-order valence-corrected chi connectivity index (χ0v) is 68.3. The van der Waals surface area contributed by atoms with E-state index in [0.717, 1.165) is 58.6 Å². The van der Waals surface area contributed by atoms with Crippen molar-refractivity contribution in [2.24, 2.45) is 34.5 Å². The summed E-state index contributed by atoms with van der Waals surface area (Å²) in [7, 11) is 0. The smallest absolute Gasteiger partial charge is 0.339 e. The molecule has 5 saturated carbocycles. The van der Waals surface area contributed by atoms with Crippen molar-refractivity contribution < 1.29 is 152 Å². The molecule has 4 bridgehead atoms. The first-order valence-electron chi connectivity index (χ1n) is 42.0. The average Bonchev–Trinajstić information content (AvgIpc) is 1.64. The molecule has 0 radical (unpaired) electrons. The zero-order chi connectivity index (χ0) is 86.4. The van der Waals surface area contributed by atoms with Gasteiger partial charge in [0.15, 0.2) is 0 Å². The predicted octanol–water partition coefficient (Wildman–Crippen LogP) is 2.68. The van der Waals surface area contributed by atoms with Crippen molar-refractivity contribution in [3.8, 4) is 0 Å². The van der Waals surface area contributed by atoms with Crippen molar-refractivity contribution in [1.29, 1.82) is 0 Å². The van der Waals surface area contributed by atoms with E-state index in [1.165, 1.54) is 12.1 Å². The minimum Gasteiger partial charge on any atom is -0.463 e. The summed E-state index contributed by atoms with van der Waals surface area (Å²) in [5, 5.41) is 0. The predicted molar refractivity (Wildman–Crippen MR) is 416 cm³/mol. The quantitative estimate of drug-likeness (QED) is 0.0273. The molecule has 5 aliphatic carbocycles. The average molecular weight is 1740 g/mol. The molecule has 3 aromatic carbocycles. The Kier molecular flexibility index (Phi) is 29.4. The number of aromatic nitrogens is 3. The lowest BCUT2D eigenvalue weighted by atomic mass is 9.44. The Labute approximate surface area is 709 Å². The van der Waals surface area contributed by atoms with Crippen molar-refractivity contribution >= 4 is 59.7 Å². The summed E-state index contributed by atoms with van der Waals surface area (Å²) >= 11 is 0. The summed E-state index contributed by atoms with van der Waals surface area (Å²) in [4.78, 5) is 157. The minimum atomic E-state index is -0.622. The first-order chi connectivity index (χ1) is 60.1. The molecule has 14 unspecified atom stereocenters. The highest BCUT2D eigenvalue weighted by molar-refractivity contribution is 6.03. The van der Waals surface area contributed by atoms with Crippen LogP contribution in [0.4, 0.5) is 0 Å². The molecule has 670 valence electrons. The van der Waals surface area contributed by atoms with Gasteiger partial charge in [0.1, 0.15) is 127 Å². The first kappa shape index (κ1) is 88.9. The number of esters is 10. The van der Waals surface area contributed by atoms with Crippen LogP contribution in [-0.2, 0) is 143 Å². The van der Waals surface area contributed by atoms with E-state index in [1.807, 2.05) is 0 Å². The second-order valence-electron chi connectivity index (χ2n) is 33.2. The van der Waals surface area contributed by atoms with Crippen LogP contribution in [0.2, 0.25) is 0 Å². The molecular formula is C86H101N3O35. The maximum atomic E-state index is 12.8. The molecule has 38 nitrogen and oxygen atoms in total. The Morgan fingerprint density at radius 3 is 0.911 bits per heavy atom. The van der Waals surface area contributed by atoms with Crippen LogP contribution in [-0.4, -0.2) is 292 Å². The van der Waals surface area contributed by atoms with E-state index >= 15 is 0 Å². The van der Waals surface area contributed by atoms with E-state index in [9.17, 15) is 62.3 Å². The van der Waals surface area contributed by atoms with Crippen molar-refractivity contribution in [1.82, 2.24) is 13.7 Å². The third-order valence-electron chi connectivity index (χ3n) is 22.7. The fraction of sp³-hybridized carbons (Fsp3) is 0.616. The number of nitrogens with zero attached hydrogens (tertiary/aromatic N) is 3. The van der Waals surface area contributed by atoms with Gasteiger partial charge < -0.3 is 104 Å². The van der Waals surface area contributed by atoms with Crippen molar-refractivity contribution in [3.63, 3.8) is 0 Å². The molecule has 12 saturated heterocycles. The molecule has 4 aromatic rings. The fourth-order valence-electron chi connectivity index (χ4n) is 15.2. The Hall–Kier alpha value is -9.97. The largest absolute Gasteiger partial charge is 0.463 e. The fourth-order valence-corrected chi connectivity index (χ4v) is 15.2. The molecular weight excluding hydrogens is 1630 g/mol. The van der Waals surface area contributed by atoms with Gasteiger partial charge in [-0.2, -0.15) is 0 Å². The van der Waals surface area contributed by atoms with E-state index in [0.29, 0.717) is 159 Å². The lowest BCUT2D eigenvalue weighted by molar-refractivity contribution is -0.194. The van der Waals surface area contributed by atoms with Crippen LogP contribution in [0, 0.1) is 34.5 Å². The molecule has 12 aliphatic heterocycles. The normalized spacial score (nSPS) is 29.8. The molecule has 1 aromatic heterocycles. The van der Waals surface area contributed by atoms with Crippen LogP contribution in [0.1, 0.15) is 126 Å². The van der Waals surface area contributed by atoms with E-state index in [2.05, 4.69) is 6.58 Å². The van der Waals surface area contributed by atoms with Gasteiger partial charge in [-0.25, -0.2) is 56.9 Å². The molecule has 0 N–H and O–H groups in total. The molecule has 17 fully saturated rings. The molecule has 17 aliphatic rings. The van der Waals surface area contributed by atoms with Gasteiger partial charge in [0, 0.05) is 0 Å². The Balaban J connectivity index is 0.000000115. The van der Waals surface area contributed by atoms with Crippen molar-refractivity contribution in [3.05, 3.63) is 150 Å². The highest BCUT2D eigenvalue weighted by Crippen LogP contribution is 2.66.